The first-order chi connectivity index (χ1) is 8.61. The van der Waals surface area contributed by atoms with Gasteiger partial charge in [-0.3, -0.25) is 9.59 Å². The molecule has 0 heterocycles. The van der Waals surface area contributed by atoms with Crippen molar-refractivity contribution in [2.75, 3.05) is 0 Å². The van der Waals surface area contributed by atoms with Gasteiger partial charge < -0.3 is 5.73 Å². The van der Waals surface area contributed by atoms with Crippen molar-refractivity contribution in [2.45, 2.75) is 0 Å². The van der Waals surface area contributed by atoms with Crippen LogP contribution in [0.3, 0.4) is 0 Å². The highest BCUT2D eigenvalue weighted by molar-refractivity contribution is 6.34. The number of hydrogen-bond donors (Lipinski definition) is 1. The second kappa shape index (κ2) is 5.02. The molecule has 2 rings (SSSR count). The summed E-state index contributed by atoms with van der Waals surface area (Å²) in [4.78, 5) is 21.8. The first-order valence-electron chi connectivity index (χ1n) is 5.27. The van der Waals surface area contributed by atoms with Gasteiger partial charge in [-0.1, -0.05) is 35.9 Å². The van der Waals surface area contributed by atoms with E-state index in [-0.39, 0.29) is 5.56 Å². The van der Waals surface area contributed by atoms with Gasteiger partial charge in [0, 0.05) is 5.56 Å². The van der Waals surface area contributed by atoms with Crippen LogP contribution in [0.4, 0.5) is 0 Å². The highest BCUT2D eigenvalue weighted by Crippen LogP contribution is 2.25. The van der Waals surface area contributed by atoms with E-state index in [1.165, 1.54) is 0 Å². The first-order valence-corrected chi connectivity index (χ1v) is 5.64. The number of carbonyl (C=O) groups is 2. The van der Waals surface area contributed by atoms with Crippen LogP contribution in [0.2, 0.25) is 5.02 Å². The van der Waals surface area contributed by atoms with Gasteiger partial charge in [-0.2, -0.15) is 0 Å². The van der Waals surface area contributed by atoms with Gasteiger partial charge in [0.1, 0.15) is 6.29 Å². The van der Waals surface area contributed by atoms with Crippen LogP contribution < -0.4 is 5.73 Å². The zero-order valence-electron chi connectivity index (χ0n) is 9.39. The summed E-state index contributed by atoms with van der Waals surface area (Å²) < 4.78 is 0. The second-order valence-electron chi connectivity index (χ2n) is 3.80. The van der Waals surface area contributed by atoms with Crippen LogP contribution in [0, 0.1) is 0 Å². The number of amides is 1. The van der Waals surface area contributed by atoms with Crippen LogP contribution in [-0.2, 0) is 0 Å². The maximum absolute atomic E-state index is 11.1. The normalized spacial score (nSPS) is 10.1. The van der Waals surface area contributed by atoms with E-state index in [9.17, 15) is 9.59 Å². The number of carbonyl (C=O) groups excluding carboxylic acids is 2. The number of aldehydes is 1. The van der Waals surface area contributed by atoms with Crippen LogP contribution in [0.1, 0.15) is 20.7 Å². The molecular weight excluding hydrogens is 250 g/mol. The average molecular weight is 260 g/mol. The summed E-state index contributed by atoms with van der Waals surface area (Å²) >= 11 is 5.98. The van der Waals surface area contributed by atoms with Gasteiger partial charge in [-0.25, -0.2) is 0 Å². The van der Waals surface area contributed by atoms with E-state index in [0.717, 1.165) is 17.4 Å². The lowest BCUT2D eigenvalue weighted by Crippen LogP contribution is -2.11. The fraction of sp³-hybridized carbons (Fsp3) is 0. The molecule has 0 saturated carbocycles. The van der Waals surface area contributed by atoms with Gasteiger partial charge in [0.05, 0.1) is 10.6 Å². The summed E-state index contributed by atoms with van der Waals surface area (Å²) in [5, 5.41) is 0.302. The molecule has 0 radical (unpaired) electrons. The highest BCUT2D eigenvalue weighted by Gasteiger charge is 2.08. The zero-order valence-corrected chi connectivity index (χ0v) is 10.1. The van der Waals surface area contributed by atoms with Crippen molar-refractivity contribution in [3.8, 4) is 11.1 Å². The van der Waals surface area contributed by atoms with Crippen molar-refractivity contribution in [1.29, 1.82) is 0 Å². The molecule has 2 aromatic carbocycles. The minimum atomic E-state index is -0.562. The Balaban J connectivity index is 2.48. The van der Waals surface area contributed by atoms with E-state index < -0.39 is 5.91 Å². The molecule has 0 atom stereocenters. The predicted molar refractivity (Wildman–Crippen MR) is 70.8 cm³/mol. The monoisotopic (exact) mass is 259 g/mol. The second-order valence-corrected chi connectivity index (χ2v) is 4.21. The minimum absolute atomic E-state index is 0.284. The van der Waals surface area contributed by atoms with E-state index in [2.05, 4.69) is 0 Å². The smallest absolute Gasteiger partial charge is 0.250 e. The van der Waals surface area contributed by atoms with E-state index in [0.29, 0.717) is 10.6 Å². The molecule has 0 aliphatic heterocycles. The van der Waals surface area contributed by atoms with E-state index in [4.69, 9.17) is 17.3 Å². The quantitative estimate of drug-likeness (QED) is 0.862. The standard InChI is InChI=1S/C14H10ClNO2/c15-13-7-11(4-5-12(13)14(16)18)10-3-1-2-9(6-10)8-17/h1-8H,(H2,16,18). The van der Waals surface area contributed by atoms with Crippen molar-refractivity contribution in [1.82, 2.24) is 0 Å². The Labute approximate surface area is 109 Å². The van der Waals surface area contributed by atoms with E-state index in [1.54, 1.807) is 36.4 Å². The van der Waals surface area contributed by atoms with Crippen molar-refractivity contribution >= 4 is 23.8 Å². The Morgan fingerprint density at radius 1 is 1.11 bits per heavy atom. The molecular formula is C14H10ClNO2. The summed E-state index contributed by atoms with van der Waals surface area (Å²) in [5.74, 6) is -0.562. The largest absolute Gasteiger partial charge is 0.366 e. The number of primary amides is 1. The SMILES string of the molecule is NC(=O)c1ccc(-c2cccc(C=O)c2)cc1Cl. The Morgan fingerprint density at radius 3 is 2.44 bits per heavy atom. The first kappa shape index (κ1) is 12.3. The van der Waals surface area contributed by atoms with Crippen LogP contribution in [0.5, 0.6) is 0 Å². The lowest BCUT2D eigenvalue weighted by Gasteiger charge is -2.05. The van der Waals surface area contributed by atoms with Gasteiger partial charge in [-0.15, -0.1) is 0 Å². The molecule has 0 aromatic heterocycles. The molecule has 2 aromatic rings. The van der Waals surface area contributed by atoms with E-state index in [1.807, 2.05) is 6.07 Å². The van der Waals surface area contributed by atoms with Crippen molar-refractivity contribution in [3.63, 3.8) is 0 Å². The number of rotatable bonds is 3. The third kappa shape index (κ3) is 2.41. The Kier molecular flexibility index (Phi) is 3.44. The van der Waals surface area contributed by atoms with Crippen molar-refractivity contribution < 1.29 is 9.59 Å². The fourth-order valence-electron chi connectivity index (χ4n) is 1.69. The average Bonchev–Trinajstić information content (AvgIpc) is 2.38. The van der Waals surface area contributed by atoms with Crippen molar-refractivity contribution in [2.24, 2.45) is 5.73 Å². The van der Waals surface area contributed by atoms with Crippen molar-refractivity contribution in [3.05, 3.63) is 58.6 Å². The minimum Gasteiger partial charge on any atom is -0.366 e. The van der Waals surface area contributed by atoms with Gasteiger partial charge in [0.25, 0.3) is 0 Å². The third-order valence-electron chi connectivity index (χ3n) is 2.59. The molecule has 1 amide bonds. The lowest BCUT2D eigenvalue weighted by molar-refractivity contribution is 0.1000. The summed E-state index contributed by atoms with van der Waals surface area (Å²) in [7, 11) is 0. The highest BCUT2D eigenvalue weighted by atomic mass is 35.5. The molecule has 18 heavy (non-hydrogen) atoms. The topological polar surface area (TPSA) is 60.2 Å². The number of hydrogen-bond acceptors (Lipinski definition) is 2. The van der Waals surface area contributed by atoms with E-state index >= 15 is 0 Å². The molecule has 0 saturated heterocycles. The summed E-state index contributed by atoms with van der Waals surface area (Å²) in [6.07, 6.45) is 0.781. The molecule has 0 spiro atoms. The van der Waals surface area contributed by atoms with Gasteiger partial charge in [0.15, 0.2) is 0 Å². The summed E-state index contributed by atoms with van der Waals surface area (Å²) in [5.41, 5.74) is 7.74. The number of benzene rings is 2. The van der Waals surface area contributed by atoms with Gasteiger partial charge >= 0.3 is 0 Å². The van der Waals surface area contributed by atoms with Gasteiger partial charge in [0.2, 0.25) is 5.91 Å². The lowest BCUT2D eigenvalue weighted by atomic mass is 10.0. The van der Waals surface area contributed by atoms with Crippen LogP contribution in [0.25, 0.3) is 11.1 Å². The molecule has 0 fully saturated rings. The molecule has 2 N–H and O–H groups in total. The molecule has 0 aliphatic carbocycles. The molecule has 3 nitrogen and oxygen atoms in total. The molecule has 0 aliphatic rings. The molecule has 0 bridgehead atoms. The Morgan fingerprint density at radius 2 is 1.83 bits per heavy atom. The Bertz CT molecular complexity index is 623. The maximum atomic E-state index is 11.1. The number of halogens is 1. The van der Waals surface area contributed by atoms with Crippen LogP contribution >= 0.6 is 11.6 Å². The molecule has 90 valence electrons. The van der Waals surface area contributed by atoms with Gasteiger partial charge in [-0.05, 0) is 29.3 Å². The molecule has 4 heteroatoms. The zero-order chi connectivity index (χ0) is 13.1. The van der Waals surface area contributed by atoms with Crippen LogP contribution in [0.15, 0.2) is 42.5 Å². The third-order valence-corrected chi connectivity index (χ3v) is 2.90. The molecule has 0 unspecified atom stereocenters. The predicted octanol–water partition coefficient (Wildman–Crippen LogP) is 2.92. The fourth-order valence-corrected chi connectivity index (χ4v) is 1.96. The number of nitrogens with two attached hydrogens (primary N) is 1. The Hall–Kier alpha value is -2.13. The summed E-state index contributed by atoms with van der Waals surface area (Å²) in [6.45, 7) is 0. The maximum Gasteiger partial charge on any atom is 0.250 e. The summed E-state index contributed by atoms with van der Waals surface area (Å²) in [6, 6.07) is 12.1. The van der Waals surface area contributed by atoms with Crippen LogP contribution in [-0.4, -0.2) is 12.2 Å².